The van der Waals surface area contributed by atoms with Crippen LogP contribution in [-0.2, 0) is 4.74 Å². The first kappa shape index (κ1) is 14.6. The van der Waals surface area contributed by atoms with Gasteiger partial charge >= 0.3 is 0 Å². The van der Waals surface area contributed by atoms with E-state index >= 15 is 0 Å². The maximum atomic E-state index is 8.91. The van der Waals surface area contributed by atoms with Crippen molar-refractivity contribution in [1.29, 1.82) is 0 Å². The van der Waals surface area contributed by atoms with E-state index in [4.69, 9.17) is 19.4 Å². The smallest absolute Gasteiger partial charge is 0.161 e. The molecule has 6 nitrogen and oxygen atoms in total. The Hall–Kier alpha value is -1.79. The zero-order valence-corrected chi connectivity index (χ0v) is 11.8. The highest BCUT2D eigenvalue weighted by atomic mass is 16.5. The summed E-state index contributed by atoms with van der Waals surface area (Å²) in [5.41, 5.74) is 0.988. The Bertz CT molecular complexity index is 458. The van der Waals surface area contributed by atoms with Gasteiger partial charge in [0, 0.05) is 13.1 Å². The Morgan fingerprint density at radius 1 is 1.25 bits per heavy atom. The Morgan fingerprint density at radius 3 is 2.55 bits per heavy atom. The second kappa shape index (κ2) is 7.12. The molecule has 1 atom stereocenters. The van der Waals surface area contributed by atoms with Crippen molar-refractivity contribution in [2.75, 3.05) is 40.5 Å². The van der Waals surface area contributed by atoms with E-state index in [9.17, 15) is 0 Å². The zero-order valence-electron chi connectivity index (χ0n) is 11.8. The molecule has 1 saturated heterocycles. The van der Waals surface area contributed by atoms with E-state index in [2.05, 4.69) is 10.1 Å². The number of hydrogen-bond donors (Lipinski definition) is 1. The number of methoxy groups -OCH3 is 2. The van der Waals surface area contributed by atoms with Crippen LogP contribution in [0.3, 0.4) is 0 Å². The van der Waals surface area contributed by atoms with Gasteiger partial charge in [-0.2, -0.15) is 0 Å². The summed E-state index contributed by atoms with van der Waals surface area (Å²) in [6.07, 6.45) is 1.52. The number of ether oxygens (including phenoxy) is 3. The van der Waals surface area contributed by atoms with Crippen LogP contribution in [-0.4, -0.2) is 56.8 Å². The Kier molecular flexibility index (Phi) is 5.20. The lowest BCUT2D eigenvalue weighted by molar-refractivity contribution is 0.0290. The minimum atomic E-state index is -0.108. The third-order valence-electron chi connectivity index (χ3n) is 3.40. The second-order valence-electron chi connectivity index (χ2n) is 4.47. The molecule has 2 rings (SSSR count). The first-order valence-electron chi connectivity index (χ1n) is 6.51. The van der Waals surface area contributed by atoms with E-state index in [0.717, 1.165) is 18.7 Å². The van der Waals surface area contributed by atoms with Crippen molar-refractivity contribution in [2.24, 2.45) is 5.16 Å². The van der Waals surface area contributed by atoms with Crippen molar-refractivity contribution in [3.8, 4) is 11.5 Å². The van der Waals surface area contributed by atoms with Crippen LogP contribution in [0.15, 0.2) is 23.4 Å². The molecule has 0 aliphatic carbocycles. The summed E-state index contributed by atoms with van der Waals surface area (Å²) in [5, 5.41) is 12.1. The summed E-state index contributed by atoms with van der Waals surface area (Å²) in [6, 6.07) is 5.60. The molecular formula is C14H20N2O4. The van der Waals surface area contributed by atoms with Crippen molar-refractivity contribution in [1.82, 2.24) is 4.90 Å². The number of benzene rings is 1. The number of rotatable bonds is 5. The maximum Gasteiger partial charge on any atom is 0.161 e. The molecule has 1 aliphatic heterocycles. The van der Waals surface area contributed by atoms with Crippen molar-refractivity contribution in [3.05, 3.63) is 23.8 Å². The monoisotopic (exact) mass is 280 g/mol. The lowest BCUT2D eigenvalue weighted by atomic mass is 10.0. The number of nitrogens with zero attached hydrogens (tertiary/aromatic N) is 2. The third-order valence-corrected chi connectivity index (χ3v) is 3.40. The molecule has 1 heterocycles. The molecule has 20 heavy (non-hydrogen) atoms. The lowest BCUT2D eigenvalue weighted by Crippen LogP contribution is -2.39. The molecule has 0 amide bonds. The van der Waals surface area contributed by atoms with Gasteiger partial charge in [-0.25, -0.2) is 0 Å². The van der Waals surface area contributed by atoms with Gasteiger partial charge in [0.15, 0.2) is 11.5 Å². The summed E-state index contributed by atoms with van der Waals surface area (Å²) < 4.78 is 15.9. The number of morpholine rings is 1. The highest BCUT2D eigenvalue weighted by Gasteiger charge is 2.22. The summed E-state index contributed by atoms with van der Waals surface area (Å²) in [7, 11) is 3.21. The number of hydrogen-bond acceptors (Lipinski definition) is 6. The molecule has 1 aliphatic rings. The van der Waals surface area contributed by atoms with E-state index in [1.54, 1.807) is 14.2 Å². The number of oxime groups is 1. The maximum absolute atomic E-state index is 8.91. The lowest BCUT2D eigenvalue weighted by Gasteiger charge is -2.32. The fourth-order valence-electron chi connectivity index (χ4n) is 2.35. The molecule has 110 valence electrons. The minimum absolute atomic E-state index is 0.108. The van der Waals surface area contributed by atoms with E-state index in [0.29, 0.717) is 24.7 Å². The fourth-order valence-corrected chi connectivity index (χ4v) is 2.35. The van der Waals surface area contributed by atoms with Crippen LogP contribution in [0.5, 0.6) is 11.5 Å². The third kappa shape index (κ3) is 3.20. The van der Waals surface area contributed by atoms with E-state index < -0.39 is 0 Å². The van der Waals surface area contributed by atoms with Gasteiger partial charge in [-0.05, 0) is 17.7 Å². The predicted octanol–water partition coefficient (Wildman–Crippen LogP) is 1.54. The van der Waals surface area contributed by atoms with Crippen LogP contribution in [0.25, 0.3) is 0 Å². The van der Waals surface area contributed by atoms with Gasteiger partial charge in [0.2, 0.25) is 0 Å². The Balaban J connectivity index is 2.28. The summed E-state index contributed by atoms with van der Waals surface area (Å²) in [5.74, 6) is 1.34. The van der Waals surface area contributed by atoms with E-state index in [-0.39, 0.29) is 6.04 Å². The molecular weight excluding hydrogens is 260 g/mol. The van der Waals surface area contributed by atoms with Crippen molar-refractivity contribution in [2.45, 2.75) is 6.04 Å². The van der Waals surface area contributed by atoms with Crippen LogP contribution in [0.2, 0.25) is 0 Å². The van der Waals surface area contributed by atoms with Crippen LogP contribution in [0, 0.1) is 0 Å². The first-order valence-corrected chi connectivity index (χ1v) is 6.51. The highest BCUT2D eigenvalue weighted by Crippen LogP contribution is 2.31. The molecule has 1 N–H and O–H groups in total. The SMILES string of the molecule is COc1ccc(C(/C=N/O)N2CCOCC2)cc1OC. The molecule has 1 aromatic carbocycles. The summed E-state index contributed by atoms with van der Waals surface area (Å²) in [4.78, 5) is 2.20. The van der Waals surface area contributed by atoms with Gasteiger partial charge < -0.3 is 19.4 Å². The average Bonchev–Trinajstić information content (AvgIpc) is 2.52. The second-order valence-corrected chi connectivity index (χ2v) is 4.47. The highest BCUT2D eigenvalue weighted by molar-refractivity contribution is 5.67. The van der Waals surface area contributed by atoms with Gasteiger partial charge in [0.25, 0.3) is 0 Å². The van der Waals surface area contributed by atoms with Crippen molar-refractivity contribution < 1.29 is 19.4 Å². The van der Waals surface area contributed by atoms with Crippen LogP contribution in [0.1, 0.15) is 11.6 Å². The standard InChI is InChI=1S/C14H20N2O4/c1-18-13-4-3-11(9-14(13)19-2)12(10-15-17)16-5-7-20-8-6-16/h3-4,9-10,12,17H,5-8H2,1-2H3/b15-10+. The van der Waals surface area contributed by atoms with Gasteiger partial charge in [-0.15, -0.1) is 5.16 Å². The molecule has 0 bridgehead atoms. The summed E-state index contributed by atoms with van der Waals surface area (Å²) in [6.45, 7) is 2.96. The fraction of sp³-hybridized carbons (Fsp3) is 0.500. The molecule has 0 spiro atoms. The molecule has 0 saturated carbocycles. The Morgan fingerprint density at radius 2 is 1.95 bits per heavy atom. The average molecular weight is 280 g/mol. The van der Waals surface area contributed by atoms with Gasteiger partial charge in [0.05, 0.1) is 39.7 Å². The van der Waals surface area contributed by atoms with Gasteiger partial charge in [-0.1, -0.05) is 6.07 Å². The first-order chi connectivity index (χ1) is 9.80. The molecule has 6 heteroatoms. The molecule has 1 fully saturated rings. The summed E-state index contributed by atoms with van der Waals surface area (Å²) >= 11 is 0. The quantitative estimate of drug-likeness (QED) is 0.503. The van der Waals surface area contributed by atoms with E-state index in [1.807, 2.05) is 18.2 Å². The molecule has 0 radical (unpaired) electrons. The van der Waals surface area contributed by atoms with Crippen LogP contribution in [0.4, 0.5) is 0 Å². The molecule has 1 unspecified atom stereocenters. The molecule has 0 aromatic heterocycles. The van der Waals surface area contributed by atoms with Crippen molar-refractivity contribution >= 4 is 6.21 Å². The predicted molar refractivity (Wildman–Crippen MR) is 75.0 cm³/mol. The molecule has 1 aromatic rings. The zero-order chi connectivity index (χ0) is 14.4. The minimum Gasteiger partial charge on any atom is -0.493 e. The van der Waals surface area contributed by atoms with Crippen molar-refractivity contribution in [3.63, 3.8) is 0 Å². The van der Waals surface area contributed by atoms with Crippen LogP contribution < -0.4 is 9.47 Å². The van der Waals surface area contributed by atoms with Gasteiger partial charge in [0.1, 0.15) is 0 Å². The largest absolute Gasteiger partial charge is 0.493 e. The van der Waals surface area contributed by atoms with Gasteiger partial charge in [-0.3, -0.25) is 4.90 Å². The Labute approximate surface area is 118 Å². The van der Waals surface area contributed by atoms with E-state index in [1.165, 1.54) is 6.21 Å². The normalized spacial score (nSPS) is 18.1. The van der Waals surface area contributed by atoms with Crippen LogP contribution >= 0.6 is 0 Å². The topological polar surface area (TPSA) is 63.5 Å².